The van der Waals surface area contributed by atoms with E-state index in [1.165, 1.54) is 22.2 Å². The maximum absolute atomic E-state index is 12.9. The lowest BCUT2D eigenvalue weighted by atomic mass is 10.3. The Labute approximate surface area is 138 Å². The average Bonchev–Trinajstić information content (AvgIpc) is 2.86. The molecule has 0 atom stereocenters. The van der Waals surface area contributed by atoms with Gasteiger partial charge >= 0.3 is 6.18 Å². The van der Waals surface area contributed by atoms with Gasteiger partial charge in [0, 0.05) is 6.20 Å². The Hall–Kier alpha value is -1.80. The summed E-state index contributed by atoms with van der Waals surface area (Å²) in [5.74, 6) is 0.679. The normalized spacial score (nSPS) is 12.0. The molecule has 3 rings (SSSR count). The monoisotopic (exact) mass is 358 g/mol. The number of pyridine rings is 1. The van der Waals surface area contributed by atoms with Crippen molar-refractivity contribution in [2.45, 2.75) is 18.1 Å². The smallest absolute Gasteiger partial charge is 0.293 e. The zero-order valence-electron chi connectivity index (χ0n) is 11.8. The van der Waals surface area contributed by atoms with Crippen molar-refractivity contribution in [3.05, 3.63) is 41.2 Å². The molecule has 0 saturated carbocycles. The molecule has 0 spiro atoms. The van der Waals surface area contributed by atoms with E-state index >= 15 is 0 Å². The van der Waals surface area contributed by atoms with E-state index in [0.717, 1.165) is 12.3 Å². The van der Waals surface area contributed by atoms with E-state index < -0.39 is 11.7 Å². The zero-order chi connectivity index (χ0) is 16.6. The van der Waals surface area contributed by atoms with Crippen LogP contribution in [0, 0.1) is 0 Å². The number of aromatic nitrogens is 4. The molecule has 0 fully saturated rings. The maximum atomic E-state index is 12.9. The largest absolute Gasteiger partial charge is 0.417 e. The third kappa shape index (κ3) is 3.13. The van der Waals surface area contributed by atoms with Crippen LogP contribution >= 0.6 is 23.4 Å². The second-order valence-corrected chi connectivity index (χ2v) is 6.22. The standard InChI is InChI=1S/C14H10ClF3N4S/c1-2-23-13-12(9-4-5-10(15)21-20-9)19-11-6-3-8(7-22(11)13)14(16,17)18/h3-7H,2H2,1H3. The molecule has 0 N–H and O–H groups in total. The highest BCUT2D eigenvalue weighted by Crippen LogP contribution is 2.34. The number of hydrogen-bond donors (Lipinski definition) is 0. The first kappa shape index (κ1) is 16.1. The van der Waals surface area contributed by atoms with Gasteiger partial charge in [-0.05, 0) is 30.0 Å². The summed E-state index contributed by atoms with van der Waals surface area (Å²) in [7, 11) is 0. The number of thioether (sulfide) groups is 1. The molecule has 3 aromatic heterocycles. The van der Waals surface area contributed by atoms with Crippen molar-refractivity contribution in [1.29, 1.82) is 0 Å². The number of imidazole rings is 1. The van der Waals surface area contributed by atoms with Crippen LogP contribution in [-0.2, 0) is 6.18 Å². The highest BCUT2D eigenvalue weighted by Gasteiger charge is 2.31. The molecule has 0 aliphatic carbocycles. The van der Waals surface area contributed by atoms with Gasteiger partial charge in [-0.15, -0.1) is 22.0 Å². The van der Waals surface area contributed by atoms with E-state index in [1.54, 1.807) is 12.1 Å². The third-order valence-corrected chi connectivity index (χ3v) is 4.21. The molecule has 0 aliphatic rings. The summed E-state index contributed by atoms with van der Waals surface area (Å²) in [6.07, 6.45) is -3.36. The molecular weight excluding hydrogens is 349 g/mol. The SMILES string of the molecule is CCSc1c(-c2ccc(Cl)nn2)nc2ccc(C(F)(F)F)cn12. The summed E-state index contributed by atoms with van der Waals surface area (Å²) in [4.78, 5) is 4.38. The van der Waals surface area contributed by atoms with E-state index in [0.29, 0.717) is 27.8 Å². The van der Waals surface area contributed by atoms with Crippen LogP contribution in [0.25, 0.3) is 17.0 Å². The molecule has 3 heterocycles. The lowest BCUT2D eigenvalue weighted by molar-refractivity contribution is -0.137. The Morgan fingerprint density at radius 2 is 1.96 bits per heavy atom. The first-order valence-electron chi connectivity index (χ1n) is 6.62. The van der Waals surface area contributed by atoms with Gasteiger partial charge in [-0.25, -0.2) is 4.98 Å². The van der Waals surface area contributed by atoms with Crippen LogP contribution in [0.4, 0.5) is 13.2 Å². The van der Waals surface area contributed by atoms with Crippen LogP contribution in [0.5, 0.6) is 0 Å². The van der Waals surface area contributed by atoms with Crippen LogP contribution in [-0.4, -0.2) is 25.3 Å². The summed E-state index contributed by atoms with van der Waals surface area (Å²) in [5, 5.41) is 8.55. The minimum Gasteiger partial charge on any atom is -0.293 e. The lowest BCUT2D eigenvalue weighted by Gasteiger charge is -2.08. The Bertz CT molecular complexity index is 846. The van der Waals surface area contributed by atoms with E-state index in [2.05, 4.69) is 15.2 Å². The van der Waals surface area contributed by atoms with Gasteiger partial charge < -0.3 is 0 Å². The van der Waals surface area contributed by atoms with Gasteiger partial charge in [0.15, 0.2) is 5.15 Å². The Balaban J connectivity index is 2.22. The quantitative estimate of drug-likeness (QED) is 0.643. The molecule has 0 aromatic carbocycles. The zero-order valence-corrected chi connectivity index (χ0v) is 13.4. The molecule has 3 aromatic rings. The number of fused-ring (bicyclic) bond motifs is 1. The molecule has 0 unspecified atom stereocenters. The lowest BCUT2D eigenvalue weighted by Crippen LogP contribution is -2.06. The van der Waals surface area contributed by atoms with E-state index in [1.807, 2.05) is 6.92 Å². The molecule has 0 radical (unpaired) electrons. The number of rotatable bonds is 3. The minimum atomic E-state index is -4.41. The predicted molar refractivity (Wildman–Crippen MR) is 82.6 cm³/mol. The van der Waals surface area contributed by atoms with Gasteiger partial charge in [-0.2, -0.15) is 13.2 Å². The number of halogens is 4. The molecule has 0 bridgehead atoms. The summed E-state index contributed by atoms with van der Waals surface area (Å²) < 4.78 is 40.2. The van der Waals surface area contributed by atoms with E-state index in [9.17, 15) is 13.2 Å². The van der Waals surface area contributed by atoms with Crippen molar-refractivity contribution in [3.63, 3.8) is 0 Å². The number of hydrogen-bond acceptors (Lipinski definition) is 4. The molecule has 0 saturated heterocycles. The Morgan fingerprint density at radius 3 is 2.57 bits per heavy atom. The Kier molecular flexibility index (Phi) is 4.20. The summed E-state index contributed by atoms with van der Waals surface area (Å²) in [6.45, 7) is 1.91. The summed E-state index contributed by atoms with van der Waals surface area (Å²) in [6, 6.07) is 5.56. The Morgan fingerprint density at radius 1 is 1.17 bits per heavy atom. The van der Waals surface area contributed by atoms with Gasteiger partial charge in [0.05, 0.1) is 5.56 Å². The molecule has 9 heteroatoms. The van der Waals surface area contributed by atoms with E-state index in [4.69, 9.17) is 11.6 Å². The second-order valence-electron chi connectivity index (χ2n) is 4.58. The predicted octanol–water partition coefficient (Wildman–Crippen LogP) is 4.58. The second kappa shape index (κ2) is 6.01. The summed E-state index contributed by atoms with van der Waals surface area (Å²) in [5.41, 5.74) is 0.637. The number of alkyl halides is 3. The maximum Gasteiger partial charge on any atom is 0.417 e. The van der Waals surface area contributed by atoms with Crippen molar-refractivity contribution < 1.29 is 13.2 Å². The van der Waals surface area contributed by atoms with Crippen LogP contribution < -0.4 is 0 Å². The van der Waals surface area contributed by atoms with Crippen molar-refractivity contribution >= 4 is 29.0 Å². The highest BCUT2D eigenvalue weighted by molar-refractivity contribution is 7.99. The molecule has 23 heavy (non-hydrogen) atoms. The highest BCUT2D eigenvalue weighted by atomic mass is 35.5. The first-order chi connectivity index (χ1) is 10.9. The van der Waals surface area contributed by atoms with Crippen molar-refractivity contribution in [2.75, 3.05) is 5.75 Å². The topological polar surface area (TPSA) is 43.1 Å². The fourth-order valence-electron chi connectivity index (χ4n) is 2.07. The van der Waals surface area contributed by atoms with Crippen LogP contribution in [0.2, 0.25) is 5.15 Å². The molecule has 0 aliphatic heterocycles. The van der Waals surface area contributed by atoms with Crippen LogP contribution in [0.1, 0.15) is 12.5 Å². The average molecular weight is 359 g/mol. The van der Waals surface area contributed by atoms with Gasteiger partial charge in [-0.3, -0.25) is 4.40 Å². The van der Waals surface area contributed by atoms with Crippen LogP contribution in [0.15, 0.2) is 35.5 Å². The van der Waals surface area contributed by atoms with Gasteiger partial charge in [0.25, 0.3) is 0 Å². The van der Waals surface area contributed by atoms with Gasteiger partial charge in [0.1, 0.15) is 22.1 Å². The van der Waals surface area contributed by atoms with E-state index in [-0.39, 0.29) is 5.15 Å². The number of nitrogens with zero attached hydrogens (tertiary/aromatic N) is 4. The molecule has 4 nitrogen and oxygen atoms in total. The summed E-state index contributed by atoms with van der Waals surface area (Å²) >= 11 is 7.11. The fourth-order valence-corrected chi connectivity index (χ4v) is 3.02. The molecule has 0 amide bonds. The van der Waals surface area contributed by atoms with Gasteiger partial charge in [-0.1, -0.05) is 18.5 Å². The molecule has 120 valence electrons. The minimum absolute atomic E-state index is 0.238. The molecular formula is C14H10ClF3N4S. The first-order valence-corrected chi connectivity index (χ1v) is 7.98. The van der Waals surface area contributed by atoms with Gasteiger partial charge in [0.2, 0.25) is 0 Å². The fraction of sp³-hybridized carbons (Fsp3) is 0.214. The van der Waals surface area contributed by atoms with Crippen molar-refractivity contribution in [2.24, 2.45) is 0 Å². The third-order valence-electron chi connectivity index (χ3n) is 3.06. The van der Waals surface area contributed by atoms with Crippen molar-refractivity contribution in [3.8, 4) is 11.4 Å². The van der Waals surface area contributed by atoms with Crippen molar-refractivity contribution in [1.82, 2.24) is 19.6 Å². The van der Waals surface area contributed by atoms with Crippen LogP contribution in [0.3, 0.4) is 0 Å².